The van der Waals surface area contributed by atoms with Crippen LogP contribution in [0.1, 0.15) is 42.3 Å². The summed E-state index contributed by atoms with van der Waals surface area (Å²) in [6.07, 6.45) is 5.96. The third-order valence-electron chi connectivity index (χ3n) is 7.94. The molecule has 2 fully saturated rings. The molecule has 152 valence electrons. The topological polar surface area (TPSA) is 105 Å². The number of rotatable bonds is 2. The van der Waals surface area contributed by atoms with E-state index in [1.54, 1.807) is 7.11 Å². The number of aromatic nitrogens is 4. The standard InChI is InChI=1S/C23H24N6O/c1-30-17-8-16-14(9-25-27-16)20-18-10-2-3-11(6-10)19(18)21(26-22(17)20)12-4-5-13-15(7-12)28-29-23(13)24/h4-5,7-11,18-19,21,26H,2-3,6H2,1H3,(H,25,27)(H3,24,28,29)/t10-,11+,18+,19-,21+/m1/s1. The van der Waals surface area contributed by atoms with Gasteiger partial charge >= 0.3 is 0 Å². The lowest BCUT2D eigenvalue weighted by molar-refractivity contribution is 0.247. The fourth-order valence-corrected chi connectivity index (χ4v) is 6.80. The third-order valence-corrected chi connectivity index (χ3v) is 7.94. The number of aromatic amines is 2. The SMILES string of the molecule is COc1cc2[nH]ncc2c2c1N[C@@H](c1ccc3c(N)n[nH]c3c1)[C@@H]1[C@H]3CC[C@H](C3)[C@H]21. The molecule has 0 spiro atoms. The van der Waals surface area contributed by atoms with Crippen LogP contribution >= 0.6 is 0 Å². The van der Waals surface area contributed by atoms with Gasteiger partial charge in [-0.3, -0.25) is 10.2 Å². The van der Waals surface area contributed by atoms with Gasteiger partial charge in [0.15, 0.2) is 5.82 Å². The van der Waals surface area contributed by atoms with Gasteiger partial charge in [0.2, 0.25) is 0 Å². The van der Waals surface area contributed by atoms with Crippen molar-refractivity contribution >= 4 is 33.3 Å². The lowest BCUT2D eigenvalue weighted by Crippen LogP contribution is -2.35. The average Bonchev–Trinajstić information content (AvgIpc) is 3.56. The molecule has 5 N–H and O–H groups in total. The third kappa shape index (κ3) is 2.00. The average molecular weight is 400 g/mol. The highest BCUT2D eigenvalue weighted by Gasteiger charge is 2.54. The first-order valence-electron chi connectivity index (χ1n) is 10.8. The number of nitrogen functional groups attached to an aromatic ring is 1. The van der Waals surface area contributed by atoms with Crippen LogP contribution in [0.25, 0.3) is 21.8 Å². The number of H-pyrrole nitrogens is 2. The lowest BCUT2D eigenvalue weighted by atomic mass is 9.67. The van der Waals surface area contributed by atoms with Crippen molar-refractivity contribution in [2.75, 3.05) is 18.2 Å². The molecular formula is C23H24N6O. The Labute approximate surface area is 173 Å². The van der Waals surface area contributed by atoms with E-state index in [-0.39, 0.29) is 6.04 Å². The van der Waals surface area contributed by atoms with E-state index in [1.165, 1.54) is 35.8 Å². The number of anilines is 2. The Hall–Kier alpha value is -3.22. The number of benzene rings is 2. The number of nitrogens with two attached hydrogens (primary N) is 1. The Morgan fingerprint density at radius 1 is 1.07 bits per heavy atom. The van der Waals surface area contributed by atoms with Crippen LogP contribution in [-0.4, -0.2) is 27.5 Å². The van der Waals surface area contributed by atoms with Crippen LogP contribution in [-0.2, 0) is 0 Å². The summed E-state index contributed by atoms with van der Waals surface area (Å²) in [5.41, 5.74) is 11.9. The van der Waals surface area contributed by atoms with E-state index in [9.17, 15) is 0 Å². The minimum absolute atomic E-state index is 0.241. The van der Waals surface area contributed by atoms with Gasteiger partial charge in [0.25, 0.3) is 0 Å². The van der Waals surface area contributed by atoms with Crippen molar-refractivity contribution < 1.29 is 4.74 Å². The molecule has 7 nitrogen and oxygen atoms in total. The molecule has 2 aliphatic carbocycles. The van der Waals surface area contributed by atoms with Gasteiger partial charge in [-0.25, -0.2) is 0 Å². The van der Waals surface area contributed by atoms with E-state index in [4.69, 9.17) is 10.5 Å². The maximum absolute atomic E-state index is 6.00. The van der Waals surface area contributed by atoms with Gasteiger partial charge in [0, 0.05) is 16.8 Å². The first-order valence-corrected chi connectivity index (χ1v) is 10.8. The van der Waals surface area contributed by atoms with E-state index in [1.807, 2.05) is 6.20 Å². The zero-order chi connectivity index (χ0) is 20.0. The summed E-state index contributed by atoms with van der Waals surface area (Å²) in [6, 6.07) is 8.83. The molecule has 0 radical (unpaired) electrons. The summed E-state index contributed by atoms with van der Waals surface area (Å²) in [5, 5.41) is 20.9. The fraction of sp³-hybridized carbons (Fsp3) is 0.391. The van der Waals surface area contributed by atoms with Crippen molar-refractivity contribution in [2.24, 2.45) is 17.8 Å². The van der Waals surface area contributed by atoms with Gasteiger partial charge in [-0.05, 0) is 66.2 Å². The van der Waals surface area contributed by atoms with Crippen LogP contribution in [0.15, 0.2) is 30.5 Å². The van der Waals surface area contributed by atoms with E-state index in [0.717, 1.165) is 39.7 Å². The predicted octanol–water partition coefficient (Wildman–Crippen LogP) is 4.33. The van der Waals surface area contributed by atoms with Gasteiger partial charge in [-0.2, -0.15) is 10.2 Å². The number of fused-ring (bicyclic) bond motifs is 10. The second kappa shape index (κ2) is 5.68. The molecule has 2 aromatic heterocycles. The lowest BCUT2D eigenvalue weighted by Gasteiger charge is -2.44. The van der Waals surface area contributed by atoms with Crippen molar-refractivity contribution in [3.05, 3.63) is 41.6 Å². The van der Waals surface area contributed by atoms with Crippen LogP contribution < -0.4 is 15.8 Å². The Kier molecular flexibility index (Phi) is 3.14. The van der Waals surface area contributed by atoms with Crippen molar-refractivity contribution in [1.82, 2.24) is 20.4 Å². The summed E-state index contributed by atoms with van der Waals surface area (Å²) < 4.78 is 5.83. The maximum Gasteiger partial charge on any atom is 0.153 e. The molecule has 3 heterocycles. The van der Waals surface area contributed by atoms with E-state index < -0.39 is 0 Å². The number of hydrogen-bond acceptors (Lipinski definition) is 5. The van der Waals surface area contributed by atoms with Gasteiger partial charge in [-0.1, -0.05) is 6.07 Å². The Morgan fingerprint density at radius 3 is 2.83 bits per heavy atom. The monoisotopic (exact) mass is 400 g/mol. The Morgan fingerprint density at radius 2 is 1.93 bits per heavy atom. The molecule has 2 aromatic carbocycles. The molecule has 2 bridgehead atoms. The highest BCUT2D eigenvalue weighted by Crippen LogP contribution is 2.65. The minimum atomic E-state index is 0.241. The quantitative estimate of drug-likeness (QED) is 0.401. The molecule has 0 unspecified atom stereocenters. The summed E-state index contributed by atoms with van der Waals surface area (Å²) in [5.74, 6) is 4.03. The second-order valence-corrected chi connectivity index (χ2v) is 9.17. The smallest absolute Gasteiger partial charge is 0.153 e. The zero-order valence-electron chi connectivity index (χ0n) is 16.8. The number of hydrogen-bond donors (Lipinski definition) is 4. The van der Waals surface area contributed by atoms with Crippen LogP contribution in [0, 0.1) is 17.8 Å². The summed E-state index contributed by atoms with van der Waals surface area (Å²) in [7, 11) is 1.75. The number of nitrogens with zero attached hydrogens (tertiary/aromatic N) is 2. The second-order valence-electron chi connectivity index (χ2n) is 9.17. The molecule has 1 aliphatic heterocycles. The molecular weight excluding hydrogens is 376 g/mol. The Bertz CT molecular complexity index is 1310. The van der Waals surface area contributed by atoms with Crippen molar-refractivity contribution in [3.8, 4) is 5.75 Å². The highest BCUT2D eigenvalue weighted by molar-refractivity contribution is 5.92. The van der Waals surface area contributed by atoms with Crippen LogP contribution in [0.3, 0.4) is 0 Å². The molecule has 0 saturated heterocycles. The highest BCUT2D eigenvalue weighted by atomic mass is 16.5. The van der Waals surface area contributed by atoms with Crippen LogP contribution in [0.2, 0.25) is 0 Å². The van der Waals surface area contributed by atoms with Crippen molar-refractivity contribution in [3.63, 3.8) is 0 Å². The van der Waals surface area contributed by atoms with E-state index in [2.05, 4.69) is 50.0 Å². The zero-order valence-corrected chi connectivity index (χ0v) is 16.8. The van der Waals surface area contributed by atoms with Crippen molar-refractivity contribution in [2.45, 2.75) is 31.2 Å². The predicted molar refractivity (Wildman–Crippen MR) is 117 cm³/mol. The van der Waals surface area contributed by atoms with Crippen LogP contribution in [0.4, 0.5) is 11.5 Å². The van der Waals surface area contributed by atoms with E-state index in [0.29, 0.717) is 17.7 Å². The molecule has 7 heteroatoms. The van der Waals surface area contributed by atoms with E-state index >= 15 is 0 Å². The van der Waals surface area contributed by atoms with Gasteiger partial charge < -0.3 is 15.8 Å². The van der Waals surface area contributed by atoms with Gasteiger partial charge in [0.05, 0.1) is 36.1 Å². The molecule has 7 rings (SSSR count). The Balaban J connectivity index is 1.45. The first kappa shape index (κ1) is 16.6. The number of nitrogens with one attached hydrogen (secondary N) is 3. The molecule has 2 saturated carbocycles. The maximum atomic E-state index is 6.00. The first-order chi connectivity index (χ1) is 14.7. The number of ether oxygens (including phenoxy) is 1. The molecule has 5 atom stereocenters. The van der Waals surface area contributed by atoms with Gasteiger partial charge in [-0.15, -0.1) is 0 Å². The van der Waals surface area contributed by atoms with Crippen LogP contribution in [0.5, 0.6) is 5.75 Å². The van der Waals surface area contributed by atoms with Gasteiger partial charge in [0.1, 0.15) is 5.75 Å². The molecule has 30 heavy (non-hydrogen) atoms. The normalized spacial score (nSPS) is 29.2. The molecule has 0 amide bonds. The minimum Gasteiger partial charge on any atom is -0.494 e. The number of methoxy groups -OCH3 is 1. The molecule has 3 aliphatic rings. The summed E-state index contributed by atoms with van der Waals surface area (Å²) >= 11 is 0. The largest absolute Gasteiger partial charge is 0.494 e. The fourth-order valence-electron chi connectivity index (χ4n) is 6.80. The van der Waals surface area contributed by atoms with Crippen molar-refractivity contribution in [1.29, 1.82) is 0 Å². The summed E-state index contributed by atoms with van der Waals surface area (Å²) in [6.45, 7) is 0. The molecule has 4 aromatic rings. The summed E-state index contributed by atoms with van der Waals surface area (Å²) in [4.78, 5) is 0.